The van der Waals surface area contributed by atoms with E-state index in [1.165, 1.54) is 18.7 Å². The SMILES string of the molecule is CCSc1nnc2c(n1)OC(c1cccc(Cl)c1)N(C(C)=O)c1c(C)cc(C)cc1-2. The normalized spacial score (nSPS) is 15.1. The van der Waals surface area contributed by atoms with Gasteiger partial charge in [-0.05, 0) is 43.4 Å². The lowest BCUT2D eigenvalue weighted by Gasteiger charge is -2.31. The molecule has 1 aromatic heterocycles. The number of halogens is 1. The molecule has 8 heteroatoms. The van der Waals surface area contributed by atoms with Gasteiger partial charge in [-0.3, -0.25) is 9.69 Å². The van der Waals surface area contributed by atoms with Crippen molar-refractivity contribution in [3.05, 3.63) is 58.1 Å². The van der Waals surface area contributed by atoms with Crippen LogP contribution in [0.25, 0.3) is 11.3 Å². The minimum Gasteiger partial charge on any atom is -0.447 e. The fourth-order valence-corrected chi connectivity index (χ4v) is 4.38. The van der Waals surface area contributed by atoms with Gasteiger partial charge < -0.3 is 4.74 Å². The molecule has 2 aromatic carbocycles. The lowest BCUT2D eigenvalue weighted by Crippen LogP contribution is -2.36. The number of anilines is 1. The lowest BCUT2D eigenvalue weighted by molar-refractivity contribution is -0.118. The van der Waals surface area contributed by atoms with E-state index in [9.17, 15) is 4.79 Å². The van der Waals surface area contributed by atoms with Crippen LogP contribution < -0.4 is 9.64 Å². The van der Waals surface area contributed by atoms with Crippen LogP contribution >= 0.6 is 23.4 Å². The number of rotatable bonds is 3. The van der Waals surface area contributed by atoms with Gasteiger partial charge in [0, 0.05) is 23.1 Å². The van der Waals surface area contributed by atoms with Crippen LogP contribution in [0.1, 0.15) is 36.8 Å². The summed E-state index contributed by atoms with van der Waals surface area (Å²) in [6, 6.07) is 11.3. The summed E-state index contributed by atoms with van der Waals surface area (Å²) in [4.78, 5) is 19.1. The van der Waals surface area contributed by atoms with Crippen LogP contribution in [0.2, 0.25) is 5.02 Å². The second-order valence-corrected chi connectivity index (χ2v) is 8.74. The number of aromatic nitrogens is 3. The van der Waals surface area contributed by atoms with Gasteiger partial charge in [0.2, 0.25) is 23.2 Å². The van der Waals surface area contributed by atoms with E-state index in [4.69, 9.17) is 16.3 Å². The van der Waals surface area contributed by atoms with Crippen LogP contribution in [-0.2, 0) is 4.79 Å². The Labute approximate surface area is 184 Å². The van der Waals surface area contributed by atoms with Crippen LogP contribution in [-0.4, -0.2) is 26.8 Å². The van der Waals surface area contributed by atoms with Crippen LogP contribution in [0.3, 0.4) is 0 Å². The highest BCUT2D eigenvalue weighted by atomic mass is 35.5. The molecular weight excluding hydrogens is 420 g/mol. The molecule has 3 aromatic rings. The highest BCUT2D eigenvalue weighted by molar-refractivity contribution is 7.99. The first-order valence-corrected chi connectivity index (χ1v) is 11.0. The van der Waals surface area contributed by atoms with Crippen molar-refractivity contribution >= 4 is 35.0 Å². The third kappa shape index (κ3) is 3.75. The van der Waals surface area contributed by atoms with Gasteiger partial charge in [-0.25, -0.2) is 0 Å². The van der Waals surface area contributed by atoms with Crippen molar-refractivity contribution in [2.75, 3.05) is 10.7 Å². The number of carbonyl (C=O) groups excluding carboxylic acids is 1. The fourth-order valence-electron chi connectivity index (χ4n) is 3.68. The largest absolute Gasteiger partial charge is 0.447 e. The van der Waals surface area contributed by atoms with E-state index < -0.39 is 6.23 Å². The first-order valence-electron chi connectivity index (χ1n) is 9.60. The van der Waals surface area contributed by atoms with Gasteiger partial charge in [-0.15, -0.1) is 10.2 Å². The first kappa shape index (κ1) is 20.6. The molecule has 1 amide bonds. The molecule has 0 spiro atoms. The first-order chi connectivity index (χ1) is 14.4. The molecule has 0 radical (unpaired) electrons. The molecule has 0 bridgehead atoms. The molecule has 1 aliphatic heterocycles. The number of nitrogens with zero attached hydrogens (tertiary/aromatic N) is 4. The Balaban J connectivity index is 2.02. The molecule has 30 heavy (non-hydrogen) atoms. The Hall–Kier alpha value is -2.64. The summed E-state index contributed by atoms with van der Waals surface area (Å²) in [6.07, 6.45) is -0.737. The fraction of sp³-hybridized carbons (Fsp3) is 0.273. The van der Waals surface area contributed by atoms with Gasteiger partial charge in [0.05, 0.1) is 5.69 Å². The third-order valence-electron chi connectivity index (χ3n) is 4.78. The zero-order valence-electron chi connectivity index (χ0n) is 17.1. The van der Waals surface area contributed by atoms with Crippen molar-refractivity contribution in [1.82, 2.24) is 15.2 Å². The molecule has 154 valence electrons. The summed E-state index contributed by atoms with van der Waals surface area (Å²) in [5.41, 5.74) is 4.78. The molecule has 0 aliphatic carbocycles. The number of amides is 1. The number of thioether (sulfide) groups is 1. The zero-order valence-corrected chi connectivity index (χ0v) is 18.7. The Morgan fingerprint density at radius 2 is 2.03 bits per heavy atom. The maximum absolute atomic E-state index is 12.9. The standard InChI is InChI=1S/C22H21ClN4O2S/c1-5-30-22-24-20-18(25-26-22)17-10-12(2)9-13(3)19(17)27(14(4)28)21(29-20)15-7-6-8-16(23)11-15/h6-11,21H,5H2,1-4H3. The van der Waals surface area contributed by atoms with E-state index in [1.54, 1.807) is 17.0 Å². The van der Waals surface area contributed by atoms with Gasteiger partial charge in [0.25, 0.3) is 0 Å². The minimum atomic E-state index is -0.737. The summed E-state index contributed by atoms with van der Waals surface area (Å²) in [7, 11) is 0. The lowest BCUT2D eigenvalue weighted by atomic mass is 10.00. The maximum atomic E-state index is 12.9. The molecule has 1 aliphatic rings. The average molecular weight is 441 g/mol. The number of carbonyl (C=O) groups is 1. The molecule has 0 saturated heterocycles. The molecule has 0 fully saturated rings. The molecule has 0 N–H and O–H groups in total. The van der Waals surface area contributed by atoms with Crippen LogP contribution in [0.5, 0.6) is 5.88 Å². The van der Waals surface area contributed by atoms with Crippen molar-refractivity contribution in [1.29, 1.82) is 0 Å². The molecule has 1 unspecified atom stereocenters. The highest BCUT2D eigenvalue weighted by Crippen LogP contribution is 2.45. The Kier molecular flexibility index (Phi) is 5.66. The van der Waals surface area contributed by atoms with E-state index in [0.29, 0.717) is 21.8 Å². The number of hydrogen-bond acceptors (Lipinski definition) is 6. The van der Waals surface area contributed by atoms with Gasteiger partial charge in [-0.2, -0.15) is 4.98 Å². The van der Waals surface area contributed by atoms with E-state index in [1.807, 2.05) is 45.0 Å². The van der Waals surface area contributed by atoms with Crippen molar-refractivity contribution in [2.45, 2.75) is 39.1 Å². The second kappa shape index (κ2) is 8.24. The number of aryl methyl sites for hydroxylation is 2. The zero-order chi connectivity index (χ0) is 21.4. The number of ether oxygens (including phenoxy) is 1. The summed E-state index contributed by atoms with van der Waals surface area (Å²) < 4.78 is 6.36. The molecule has 1 atom stereocenters. The predicted molar refractivity (Wildman–Crippen MR) is 119 cm³/mol. The smallest absolute Gasteiger partial charge is 0.247 e. The summed E-state index contributed by atoms with van der Waals surface area (Å²) in [6.45, 7) is 7.53. The number of fused-ring (bicyclic) bond motifs is 3. The summed E-state index contributed by atoms with van der Waals surface area (Å²) in [5, 5.41) is 9.79. The van der Waals surface area contributed by atoms with E-state index in [0.717, 1.165) is 33.7 Å². The van der Waals surface area contributed by atoms with Gasteiger partial charge in [0.1, 0.15) is 0 Å². The Morgan fingerprint density at radius 3 is 2.73 bits per heavy atom. The topological polar surface area (TPSA) is 68.2 Å². The number of benzene rings is 2. The molecule has 0 saturated carbocycles. The van der Waals surface area contributed by atoms with Crippen LogP contribution in [0.15, 0.2) is 41.6 Å². The van der Waals surface area contributed by atoms with Crippen molar-refractivity contribution in [2.24, 2.45) is 0 Å². The maximum Gasteiger partial charge on any atom is 0.247 e. The van der Waals surface area contributed by atoms with E-state index in [-0.39, 0.29) is 5.91 Å². The minimum absolute atomic E-state index is 0.155. The Morgan fingerprint density at radius 1 is 1.23 bits per heavy atom. The van der Waals surface area contributed by atoms with Crippen molar-refractivity contribution in [3.63, 3.8) is 0 Å². The van der Waals surface area contributed by atoms with Gasteiger partial charge in [-0.1, -0.05) is 54.0 Å². The van der Waals surface area contributed by atoms with Gasteiger partial charge >= 0.3 is 0 Å². The van der Waals surface area contributed by atoms with Gasteiger partial charge in [0.15, 0.2) is 5.69 Å². The second-order valence-electron chi connectivity index (χ2n) is 7.07. The number of hydrogen-bond donors (Lipinski definition) is 0. The summed E-state index contributed by atoms with van der Waals surface area (Å²) in [5.74, 6) is 1.00. The van der Waals surface area contributed by atoms with Crippen LogP contribution in [0, 0.1) is 13.8 Å². The Bertz CT molecular complexity index is 1140. The summed E-state index contributed by atoms with van der Waals surface area (Å²) >= 11 is 7.73. The molecule has 4 rings (SSSR count). The quantitative estimate of drug-likeness (QED) is 0.510. The van der Waals surface area contributed by atoms with E-state index in [2.05, 4.69) is 15.2 Å². The molecule has 6 nitrogen and oxygen atoms in total. The molecular formula is C22H21ClN4O2S. The van der Waals surface area contributed by atoms with Crippen molar-refractivity contribution in [3.8, 4) is 17.1 Å². The average Bonchev–Trinajstić information content (AvgIpc) is 2.83. The molecule has 2 heterocycles. The highest BCUT2D eigenvalue weighted by Gasteiger charge is 2.35. The van der Waals surface area contributed by atoms with Crippen molar-refractivity contribution < 1.29 is 9.53 Å². The van der Waals surface area contributed by atoms with E-state index >= 15 is 0 Å². The predicted octanol–water partition coefficient (Wildman–Crippen LogP) is 5.36. The third-order valence-corrected chi connectivity index (χ3v) is 5.74. The monoisotopic (exact) mass is 440 g/mol. The van der Waals surface area contributed by atoms with Crippen LogP contribution in [0.4, 0.5) is 5.69 Å².